The number of amides is 2. The van der Waals surface area contributed by atoms with Crippen LogP contribution in [0.5, 0.6) is 0 Å². The molecule has 0 saturated heterocycles. The number of para-hydroxylation sites is 1. The van der Waals surface area contributed by atoms with Gasteiger partial charge in [-0.05, 0) is 12.1 Å². The van der Waals surface area contributed by atoms with Gasteiger partial charge in [0.05, 0.1) is 11.2 Å². The summed E-state index contributed by atoms with van der Waals surface area (Å²) < 4.78 is 0. The number of carbonyl (C=O) groups excluding carboxylic acids is 2. The number of nitrogens with two attached hydrogens (primary N) is 1. The molecule has 0 spiro atoms. The lowest BCUT2D eigenvalue weighted by molar-refractivity contribution is -0.114. The molecule has 5 N–H and O–H groups in total. The lowest BCUT2D eigenvalue weighted by Crippen LogP contribution is -2.36. The van der Waals surface area contributed by atoms with Crippen LogP contribution >= 0.6 is 0 Å². The van der Waals surface area contributed by atoms with Crippen LogP contribution in [0.2, 0.25) is 0 Å². The Hall–Kier alpha value is -2.83. The van der Waals surface area contributed by atoms with Crippen LogP contribution in [0.15, 0.2) is 29.3 Å². The van der Waals surface area contributed by atoms with Crippen LogP contribution in [-0.2, 0) is 4.79 Å². The summed E-state index contributed by atoms with van der Waals surface area (Å²) in [5, 5.41) is 5.95. The van der Waals surface area contributed by atoms with Crippen LogP contribution in [0.25, 0.3) is 10.9 Å². The zero-order valence-corrected chi connectivity index (χ0v) is 11.2. The molecule has 2 amide bonds. The highest BCUT2D eigenvalue weighted by Crippen LogP contribution is 2.23. The molecule has 7 nitrogen and oxygen atoms in total. The molecule has 0 aliphatic carbocycles. The number of aliphatic imine (C=N–C) groups is 1. The summed E-state index contributed by atoms with van der Waals surface area (Å²) in [6, 6.07) is 7.07. The molecule has 0 bridgehead atoms. The van der Waals surface area contributed by atoms with E-state index >= 15 is 0 Å². The maximum atomic E-state index is 11.9. The van der Waals surface area contributed by atoms with Crippen LogP contribution in [0, 0.1) is 0 Å². The van der Waals surface area contributed by atoms with Gasteiger partial charge in [-0.25, -0.2) is 0 Å². The van der Waals surface area contributed by atoms with Crippen molar-refractivity contribution in [1.29, 1.82) is 0 Å². The molecule has 0 atom stereocenters. The van der Waals surface area contributed by atoms with Gasteiger partial charge >= 0.3 is 0 Å². The largest absolute Gasteiger partial charge is 0.370 e. The summed E-state index contributed by atoms with van der Waals surface area (Å²) in [4.78, 5) is 29.7. The molecule has 1 heterocycles. The van der Waals surface area contributed by atoms with E-state index in [2.05, 4.69) is 20.6 Å². The molecule has 2 rings (SSSR count). The number of hydrogen-bond donors (Lipinski definition) is 4. The Kier molecular flexibility index (Phi) is 3.69. The molecule has 104 valence electrons. The molecule has 7 heteroatoms. The van der Waals surface area contributed by atoms with E-state index in [1.165, 1.54) is 14.0 Å². The maximum Gasteiger partial charge on any atom is 0.274 e. The molecule has 2 aromatic rings. The Morgan fingerprint density at radius 2 is 2.10 bits per heavy atom. The Balaban J connectivity index is 2.38. The maximum absolute atomic E-state index is 11.9. The number of hydrogen-bond acceptors (Lipinski definition) is 3. The van der Waals surface area contributed by atoms with E-state index < -0.39 is 5.91 Å². The number of aromatic nitrogens is 1. The van der Waals surface area contributed by atoms with Gasteiger partial charge in [-0.1, -0.05) is 12.1 Å². The number of rotatable bonds is 2. The highest BCUT2D eigenvalue weighted by molar-refractivity contribution is 6.08. The van der Waals surface area contributed by atoms with Gasteiger partial charge < -0.3 is 16.0 Å². The minimum absolute atomic E-state index is 0.0377. The highest BCUT2D eigenvalue weighted by Gasteiger charge is 2.12. The van der Waals surface area contributed by atoms with Gasteiger partial charge in [0.1, 0.15) is 5.69 Å². The Morgan fingerprint density at radius 1 is 1.35 bits per heavy atom. The van der Waals surface area contributed by atoms with Crippen molar-refractivity contribution in [3.8, 4) is 0 Å². The molecule has 0 unspecified atom stereocenters. The first-order valence-electron chi connectivity index (χ1n) is 5.94. The van der Waals surface area contributed by atoms with Gasteiger partial charge in [0.25, 0.3) is 5.91 Å². The van der Waals surface area contributed by atoms with E-state index in [1.807, 2.05) is 6.07 Å². The summed E-state index contributed by atoms with van der Waals surface area (Å²) in [6.07, 6.45) is 0. The first kappa shape index (κ1) is 13.6. The van der Waals surface area contributed by atoms with Gasteiger partial charge in [-0.3, -0.25) is 19.9 Å². The van der Waals surface area contributed by atoms with Crippen molar-refractivity contribution in [3.05, 3.63) is 30.0 Å². The first-order valence-corrected chi connectivity index (χ1v) is 5.94. The quantitative estimate of drug-likeness (QED) is 0.479. The molecule has 0 radical (unpaired) electrons. The van der Waals surface area contributed by atoms with Crippen molar-refractivity contribution in [3.63, 3.8) is 0 Å². The number of nitrogens with one attached hydrogen (secondary N) is 3. The predicted octanol–water partition coefficient (Wildman–Crippen LogP) is 0.801. The Labute approximate surface area is 115 Å². The topological polar surface area (TPSA) is 112 Å². The fourth-order valence-corrected chi connectivity index (χ4v) is 1.81. The monoisotopic (exact) mass is 273 g/mol. The molecule has 1 aromatic carbocycles. The molecular weight excluding hydrogens is 258 g/mol. The van der Waals surface area contributed by atoms with Crippen LogP contribution in [0.4, 0.5) is 5.69 Å². The fraction of sp³-hybridized carbons (Fsp3) is 0.154. The van der Waals surface area contributed by atoms with E-state index in [9.17, 15) is 9.59 Å². The van der Waals surface area contributed by atoms with Crippen LogP contribution in [-0.4, -0.2) is 29.8 Å². The molecular formula is C13H15N5O2. The number of anilines is 1. The van der Waals surface area contributed by atoms with Crippen molar-refractivity contribution >= 4 is 34.4 Å². The smallest absolute Gasteiger partial charge is 0.274 e. The van der Waals surface area contributed by atoms with Crippen molar-refractivity contribution < 1.29 is 9.59 Å². The normalized spacial score (nSPS) is 11.4. The van der Waals surface area contributed by atoms with Crippen molar-refractivity contribution in [2.24, 2.45) is 10.7 Å². The standard InChI is InChI=1S/C13H15N5O2/c1-7(19)16-9-5-3-4-8-6-10(17-11(8)9)12(20)18-13(14)15-2/h3-6,17H,1-2H3,(H,16,19)(H3,14,15,18,20). The number of guanidine groups is 1. The van der Waals surface area contributed by atoms with Gasteiger partial charge in [0.15, 0.2) is 5.96 Å². The molecule has 0 saturated carbocycles. The van der Waals surface area contributed by atoms with E-state index in [-0.39, 0.29) is 11.9 Å². The molecule has 0 fully saturated rings. The highest BCUT2D eigenvalue weighted by atomic mass is 16.2. The van der Waals surface area contributed by atoms with E-state index in [0.29, 0.717) is 16.9 Å². The van der Waals surface area contributed by atoms with E-state index in [1.54, 1.807) is 18.2 Å². The number of fused-ring (bicyclic) bond motifs is 1. The van der Waals surface area contributed by atoms with Gasteiger partial charge in [-0.2, -0.15) is 0 Å². The van der Waals surface area contributed by atoms with Crippen molar-refractivity contribution in [2.75, 3.05) is 12.4 Å². The first-order chi connectivity index (χ1) is 9.51. The van der Waals surface area contributed by atoms with Crippen LogP contribution in [0.3, 0.4) is 0 Å². The Morgan fingerprint density at radius 3 is 2.75 bits per heavy atom. The summed E-state index contributed by atoms with van der Waals surface area (Å²) in [5.74, 6) is -0.533. The second-order valence-electron chi connectivity index (χ2n) is 4.20. The molecule has 0 aliphatic heterocycles. The molecule has 20 heavy (non-hydrogen) atoms. The summed E-state index contributed by atoms with van der Waals surface area (Å²) >= 11 is 0. The van der Waals surface area contributed by atoms with Gasteiger partial charge in [-0.15, -0.1) is 0 Å². The molecule has 0 aliphatic rings. The van der Waals surface area contributed by atoms with Gasteiger partial charge in [0.2, 0.25) is 5.91 Å². The van der Waals surface area contributed by atoms with Crippen LogP contribution in [0.1, 0.15) is 17.4 Å². The third-order valence-corrected chi connectivity index (χ3v) is 2.69. The minimum Gasteiger partial charge on any atom is -0.370 e. The van der Waals surface area contributed by atoms with Crippen LogP contribution < -0.4 is 16.4 Å². The SMILES string of the molecule is CN=C(N)NC(=O)c1cc2cccc(NC(C)=O)c2[nH]1. The number of carbonyl (C=O) groups is 2. The third kappa shape index (κ3) is 2.77. The lowest BCUT2D eigenvalue weighted by atomic mass is 10.2. The van der Waals surface area contributed by atoms with Gasteiger partial charge in [0, 0.05) is 19.4 Å². The zero-order chi connectivity index (χ0) is 14.7. The summed E-state index contributed by atoms with van der Waals surface area (Å²) in [6.45, 7) is 1.42. The second-order valence-corrected chi connectivity index (χ2v) is 4.20. The number of benzene rings is 1. The fourth-order valence-electron chi connectivity index (χ4n) is 1.81. The molecule has 1 aromatic heterocycles. The predicted molar refractivity (Wildman–Crippen MR) is 77.6 cm³/mol. The van der Waals surface area contributed by atoms with Crippen molar-refractivity contribution in [1.82, 2.24) is 10.3 Å². The second kappa shape index (κ2) is 5.43. The summed E-state index contributed by atoms with van der Waals surface area (Å²) in [5.41, 5.74) is 7.08. The number of nitrogens with zero attached hydrogens (tertiary/aromatic N) is 1. The average molecular weight is 273 g/mol. The van der Waals surface area contributed by atoms with E-state index in [4.69, 9.17) is 5.73 Å². The summed E-state index contributed by atoms with van der Waals surface area (Å²) in [7, 11) is 1.48. The Bertz CT molecular complexity index is 702. The number of aromatic amines is 1. The zero-order valence-electron chi connectivity index (χ0n) is 11.2. The average Bonchev–Trinajstić information content (AvgIpc) is 2.83. The van der Waals surface area contributed by atoms with Crippen molar-refractivity contribution in [2.45, 2.75) is 6.92 Å². The third-order valence-electron chi connectivity index (χ3n) is 2.69. The number of H-pyrrole nitrogens is 1. The van der Waals surface area contributed by atoms with E-state index in [0.717, 1.165) is 5.39 Å². The lowest BCUT2D eigenvalue weighted by Gasteiger charge is -2.03. The minimum atomic E-state index is -0.391.